The molecule has 8 heteroatoms. The molecule has 0 bridgehead atoms. The summed E-state index contributed by atoms with van der Waals surface area (Å²) in [4.78, 5) is 20.1. The van der Waals surface area contributed by atoms with E-state index in [1.165, 1.54) is 4.90 Å². The summed E-state index contributed by atoms with van der Waals surface area (Å²) in [6.45, 7) is 3.06. The monoisotopic (exact) mass is 327 g/mol. The maximum atomic E-state index is 12.5. The first-order valence-corrected chi connectivity index (χ1v) is 7.59. The fourth-order valence-electron chi connectivity index (χ4n) is 2.73. The van der Waals surface area contributed by atoms with Crippen molar-refractivity contribution in [2.24, 2.45) is 0 Å². The number of nitrogens with zero attached hydrogens (tertiary/aromatic N) is 5. The van der Waals surface area contributed by atoms with Crippen LogP contribution >= 0.6 is 0 Å². The van der Waals surface area contributed by atoms with Crippen molar-refractivity contribution in [3.05, 3.63) is 41.4 Å². The number of aliphatic hydroxyl groups is 1. The van der Waals surface area contributed by atoms with E-state index in [0.717, 1.165) is 0 Å². The van der Waals surface area contributed by atoms with Gasteiger partial charge in [-0.3, -0.25) is 4.79 Å². The van der Waals surface area contributed by atoms with Crippen molar-refractivity contribution in [1.29, 1.82) is 5.26 Å². The second kappa shape index (κ2) is 6.68. The minimum absolute atomic E-state index is 0.190. The Morgan fingerprint density at radius 2 is 2.29 bits per heavy atom. The molecule has 2 aromatic heterocycles. The Balaban J connectivity index is 1.78. The first kappa shape index (κ1) is 16.0. The van der Waals surface area contributed by atoms with Gasteiger partial charge in [-0.2, -0.15) is 5.26 Å². The van der Waals surface area contributed by atoms with Crippen LogP contribution in [0.4, 0.5) is 5.82 Å². The molecule has 2 aromatic rings. The molecule has 3 heterocycles. The Morgan fingerprint density at radius 3 is 3.00 bits per heavy atom. The first-order chi connectivity index (χ1) is 11.6. The topological polar surface area (TPSA) is 106 Å². The van der Waals surface area contributed by atoms with Gasteiger partial charge in [0.2, 0.25) is 0 Å². The standard InChI is InChI=1S/C16H17N5O3/c1-11-7-14(19-24-11)16(23)21-6-5-20(9-13(22)10-21)15-12(8-17)3-2-4-18-15/h2-4,7,13,22H,5-6,9-10H2,1H3/t13-/m1/s1. The van der Waals surface area contributed by atoms with Crippen molar-refractivity contribution < 1.29 is 14.4 Å². The highest BCUT2D eigenvalue weighted by Gasteiger charge is 2.28. The predicted molar refractivity (Wildman–Crippen MR) is 84.3 cm³/mol. The van der Waals surface area contributed by atoms with Crippen molar-refractivity contribution in [3.8, 4) is 6.07 Å². The van der Waals surface area contributed by atoms with Gasteiger partial charge in [0.25, 0.3) is 5.91 Å². The molecule has 24 heavy (non-hydrogen) atoms. The van der Waals surface area contributed by atoms with Gasteiger partial charge in [-0.05, 0) is 19.1 Å². The Hall–Kier alpha value is -2.92. The number of hydrogen-bond donors (Lipinski definition) is 1. The Labute approximate surface area is 138 Å². The molecule has 1 atom stereocenters. The molecule has 1 aliphatic heterocycles. The van der Waals surface area contributed by atoms with Crippen LogP contribution < -0.4 is 4.90 Å². The zero-order valence-electron chi connectivity index (χ0n) is 13.2. The van der Waals surface area contributed by atoms with Gasteiger partial charge in [0, 0.05) is 38.4 Å². The number of hydrogen-bond acceptors (Lipinski definition) is 7. The molecular weight excluding hydrogens is 310 g/mol. The van der Waals surface area contributed by atoms with E-state index in [1.54, 1.807) is 31.3 Å². The first-order valence-electron chi connectivity index (χ1n) is 7.59. The lowest BCUT2D eigenvalue weighted by Gasteiger charge is -2.23. The highest BCUT2D eigenvalue weighted by Crippen LogP contribution is 2.19. The maximum Gasteiger partial charge on any atom is 0.276 e. The van der Waals surface area contributed by atoms with Crippen LogP contribution in [0.5, 0.6) is 0 Å². The molecule has 3 rings (SSSR count). The molecule has 0 spiro atoms. The highest BCUT2D eigenvalue weighted by molar-refractivity contribution is 5.92. The third-order valence-corrected chi connectivity index (χ3v) is 3.84. The summed E-state index contributed by atoms with van der Waals surface area (Å²) in [6, 6.07) is 7.05. The number of β-amino-alcohol motifs (C(OH)–C–C–N with tert-alkyl or cyclic N) is 1. The van der Waals surface area contributed by atoms with E-state index >= 15 is 0 Å². The number of rotatable bonds is 2. The minimum Gasteiger partial charge on any atom is -0.389 e. The number of nitriles is 1. The van der Waals surface area contributed by atoms with E-state index in [1.807, 2.05) is 4.90 Å². The quantitative estimate of drug-likeness (QED) is 0.859. The number of aryl methyl sites for hydroxylation is 1. The van der Waals surface area contributed by atoms with Crippen LogP contribution in [0, 0.1) is 18.3 Å². The molecule has 1 fully saturated rings. The van der Waals surface area contributed by atoms with Gasteiger partial charge < -0.3 is 19.4 Å². The van der Waals surface area contributed by atoms with E-state index in [4.69, 9.17) is 4.52 Å². The summed E-state index contributed by atoms with van der Waals surface area (Å²) in [7, 11) is 0. The number of anilines is 1. The maximum absolute atomic E-state index is 12.5. The van der Waals surface area contributed by atoms with Crippen LogP contribution in [0.2, 0.25) is 0 Å². The lowest BCUT2D eigenvalue weighted by atomic mass is 10.2. The van der Waals surface area contributed by atoms with Gasteiger partial charge in [0.1, 0.15) is 17.6 Å². The number of aromatic nitrogens is 2. The van der Waals surface area contributed by atoms with Crippen molar-refractivity contribution in [1.82, 2.24) is 15.0 Å². The van der Waals surface area contributed by atoms with Crippen LogP contribution in [0.1, 0.15) is 21.8 Å². The Bertz CT molecular complexity index is 782. The van der Waals surface area contributed by atoms with Gasteiger partial charge in [-0.15, -0.1) is 0 Å². The molecule has 1 saturated heterocycles. The van der Waals surface area contributed by atoms with Crippen molar-refractivity contribution in [2.45, 2.75) is 13.0 Å². The molecule has 1 aliphatic rings. The Morgan fingerprint density at radius 1 is 1.46 bits per heavy atom. The summed E-state index contributed by atoms with van der Waals surface area (Å²) in [5.74, 6) is 0.794. The van der Waals surface area contributed by atoms with Gasteiger partial charge in [-0.25, -0.2) is 4.98 Å². The molecular formula is C16H17N5O3. The van der Waals surface area contributed by atoms with E-state index in [2.05, 4.69) is 16.2 Å². The van der Waals surface area contributed by atoms with E-state index in [9.17, 15) is 15.2 Å². The summed E-state index contributed by atoms with van der Waals surface area (Å²) in [5.41, 5.74) is 0.667. The van der Waals surface area contributed by atoms with Gasteiger partial charge in [0.15, 0.2) is 5.69 Å². The normalized spacial score (nSPS) is 18.1. The van der Waals surface area contributed by atoms with Crippen LogP contribution in [0.25, 0.3) is 0 Å². The van der Waals surface area contributed by atoms with Gasteiger partial charge in [-0.1, -0.05) is 5.16 Å². The van der Waals surface area contributed by atoms with Crippen molar-refractivity contribution in [3.63, 3.8) is 0 Å². The third-order valence-electron chi connectivity index (χ3n) is 3.84. The SMILES string of the molecule is Cc1cc(C(=O)N2CCN(c3ncccc3C#N)C[C@@H](O)C2)no1. The largest absolute Gasteiger partial charge is 0.389 e. The highest BCUT2D eigenvalue weighted by atomic mass is 16.5. The van der Waals surface area contributed by atoms with E-state index in [-0.39, 0.29) is 18.1 Å². The molecule has 0 saturated carbocycles. The summed E-state index contributed by atoms with van der Waals surface area (Å²) in [5, 5.41) is 23.2. The predicted octanol–water partition coefficient (Wildman–Crippen LogP) is 0.573. The van der Waals surface area contributed by atoms with E-state index < -0.39 is 6.10 Å². The second-order valence-electron chi connectivity index (χ2n) is 5.66. The lowest BCUT2D eigenvalue weighted by Crippen LogP contribution is -2.37. The summed E-state index contributed by atoms with van der Waals surface area (Å²) in [6.07, 6.45) is 0.854. The third kappa shape index (κ3) is 3.21. The average molecular weight is 327 g/mol. The lowest BCUT2D eigenvalue weighted by molar-refractivity contribution is 0.0664. The molecule has 1 N–H and O–H groups in total. The van der Waals surface area contributed by atoms with E-state index in [0.29, 0.717) is 36.8 Å². The smallest absolute Gasteiger partial charge is 0.276 e. The van der Waals surface area contributed by atoms with Gasteiger partial charge >= 0.3 is 0 Å². The van der Waals surface area contributed by atoms with Crippen molar-refractivity contribution in [2.75, 3.05) is 31.1 Å². The fourth-order valence-corrected chi connectivity index (χ4v) is 2.73. The molecule has 0 unspecified atom stereocenters. The molecule has 8 nitrogen and oxygen atoms in total. The molecule has 1 amide bonds. The number of carbonyl (C=O) groups is 1. The molecule has 0 radical (unpaired) electrons. The van der Waals surface area contributed by atoms with Crippen LogP contribution in [0.3, 0.4) is 0 Å². The summed E-state index contributed by atoms with van der Waals surface area (Å²) < 4.78 is 4.94. The molecule has 0 aromatic carbocycles. The van der Waals surface area contributed by atoms with Crippen molar-refractivity contribution >= 4 is 11.7 Å². The zero-order chi connectivity index (χ0) is 17.1. The summed E-state index contributed by atoms with van der Waals surface area (Å²) >= 11 is 0. The van der Waals surface area contributed by atoms with Crippen LogP contribution in [0.15, 0.2) is 28.9 Å². The number of aliphatic hydroxyl groups excluding tert-OH is 1. The number of amides is 1. The number of pyridine rings is 1. The fraction of sp³-hybridized carbons (Fsp3) is 0.375. The molecule has 0 aliphatic carbocycles. The average Bonchev–Trinajstić information content (AvgIpc) is 2.92. The zero-order valence-corrected chi connectivity index (χ0v) is 13.2. The van der Waals surface area contributed by atoms with Gasteiger partial charge in [0.05, 0.1) is 11.7 Å². The number of carbonyl (C=O) groups excluding carboxylic acids is 1. The van der Waals surface area contributed by atoms with Crippen LogP contribution in [-0.2, 0) is 0 Å². The minimum atomic E-state index is -0.752. The Kier molecular flexibility index (Phi) is 4.44. The second-order valence-corrected chi connectivity index (χ2v) is 5.66. The molecule has 124 valence electrons. The van der Waals surface area contributed by atoms with Crippen LogP contribution in [-0.4, -0.2) is 58.3 Å².